The fourth-order valence-electron chi connectivity index (χ4n) is 1.26. The zero-order chi connectivity index (χ0) is 9.10. The highest BCUT2D eigenvalue weighted by atomic mass is 16.5. The van der Waals surface area contributed by atoms with Gasteiger partial charge in [0.05, 0.1) is 0 Å². The van der Waals surface area contributed by atoms with Crippen molar-refractivity contribution in [3.63, 3.8) is 0 Å². The maximum Gasteiger partial charge on any atom is 0.213 e. The van der Waals surface area contributed by atoms with Crippen molar-refractivity contribution in [3.05, 3.63) is 23.9 Å². The van der Waals surface area contributed by atoms with E-state index in [0.29, 0.717) is 12.6 Å². The first kappa shape index (κ1) is 8.51. The lowest BCUT2D eigenvalue weighted by Gasteiger charge is -2.25. The highest BCUT2D eigenvalue weighted by Gasteiger charge is 2.19. The van der Waals surface area contributed by atoms with E-state index in [1.54, 1.807) is 6.20 Å². The van der Waals surface area contributed by atoms with Gasteiger partial charge in [-0.3, -0.25) is 0 Å². The van der Waals surface area contributed by atoms with Crippen molar-refractivity contribution in [2.75, 3.05) is 0 Å². The molecule has 0 atom stereocenters. The lowest BCUT2D eigenvalue weighted by Crippen LogP contribution is -2.24. The van der Waals surface area contributed by atoms with Crippen LogP contribution in [0.25, 0.3) is 0 Å². The normalized spacial score (nSPS) is 16.7. The lowest BCUT2D eigenvalue weighted by molar-refractivity contribution is 0.114. The van der Waals surface area contributed by atoms with Crippen LogP contribution in [0.15, 0.2) is 18.3 Å². The molecule has 0 saturated heterocycles. The van der Waals surface area contributed by atoms with Crippen LogP contribution in [0.2, 0.25) is 0 Å². The van der Waals surface area contributed by atoms with Crippen LogP contribution in [0.3, 0.4) is 0 Å². The number of hydrogen-bond donors (Lipinski definition) is 1. The molecule has 0 bridgehead atoms. The van der Waals surface area contributed by atoms with E-state index >= 15 is 0 Å². The van der Waals surface area contributed by atoms with Crippen molar-refractivity contribution in [2.24, 2.45) is 5.73 Å². The van der Waals surface area contributed by atoms with Crippen LogP contribution in [0.1, 0.15) is 24.8 Å². The van der Waals surface area contributed by atoms with Crippen molar-refractivity contribution in [1.82, 2.24) is 4.98 Å². The predicted octanol–water partition coefficient (Wildman–Crippen LogP) is 1.47. The molecule has 3 heteroatoms. The molecule has 0 radical (unpaired) electrons. The molecule has 3 nitrogen and oxygen atoms in total. The van der Waals surface area contributed by atoms with Gasteiger partial charge in [0, 0.05) is 18.8 Å². The topological polar surface area (TPSA) is 48.1 Å². The number of aromatic nitrogens is 1. The number of pyridine rings is 1. The van der Waals surface area contributed by atoms with Crippen LogP contribution in [-0.2, 0) is 6.54 Å². The summed E-state index contributed by atoms with van der Waals surface area (Å²) in [7, 11) is 0. The molecule has 0 unspecified atom stereocenters. The van der Waals surface area contributed by atoms with Crippen molar-refractivity contribution in [2.45, 2.75) is 31.9 Å². The van der Waals surface area contributed by atoms with E-state index in [1.807, 2.05) is 12.1 Å². The third kappa shape index (κ3) is 1.98. The van der Waals surface area contributed by atoms with Crippen LogP contribution in [0.4, 0.5) is 0 Å². The highest BCUT2D eigenvalue weighted by Crippen LogP contribution is 2.23. The second-order valence-electron chi connectivity index (χ2n) is 3.38. The Hall–Kier alpha value is -1.09. The van der Waals surface area contributed by atoms with Gasteiger partial charge in [-0.1, -0.05) is 6.07 Å². The van der Waals surface area contributed by atoms with Crippen LogP contribution in [-0.4, -0.2) is 11.1 Å². The van der Waals surface area contributed by atoms with Gasteiger partial charge >= 0.3 is 0 Å². The van der Waals surface area contributed by atoms with Gasteiger partial charge in [-0.05, 0) is 24.8 Å². The highest BCUT2D eigenvalue weighted by molar-refractivity contribution is 5.17. The van der Waals surface area contributed by atoms with E-state index < -0.39 is 0 Å². The summed E-state index contributed by atoms with van der Waals surface area (Å²) in [6.07, 6.45) is 5.79. The Morgan fingerprint density at radius 3 is 2.77 bits per heavy atom. The molecule has 0 aromatic carbocycles. The van der Waals surface area contributed by atoms with Crippen LogP contribution >= 0.6 is 0 Å². The summed E-state index contributed by atoms with van der Waals surface area (Å²) in [6, 6.07) is 3.85. The Balaban J connectivity index is 1.96. The maximum atomic E-state index is 5.60. The molecule has 0 spiro atoms. The fourth-order valence-corrected chi connectivity index (χ4v) is 1.26. The van der Waals surface area contributed by atoms with E-state index in [2.05, 4.69) is 4.98 Å². The smallest absolute Gasteiger partial charge is 0.213 e. The Morgan fingerprint density at radius 1 is 1.46 bits per heavy atom. The largest absolute Gasteiger partial charge is 0.474 e. The third-order valence-corrected chi connectivity index (χ3v) is 2.37. The first-order valence-corrected chi connectivity index (χ1v) is 4.70. The van der Waals surface area contributed by atoms with Gasteiger partial charge < -0.3 is 10.5 Å². The Morgan fingerprint density at radius 2 is 2.31 bits per heavy atom. The minimum absolute atomic E-state index is 0.399. The number of hydrogen-bond acceptors (Lipinski definition) is 3. The van der Waals surface area contributed by atoms with Gasteiger partial charge in [0.1, 0.15) is 6.10 Å². The third-order valence-electron chi connectivity index (χ3n) is 2.37. The molecule has 2 rings (SSSR count). The lowest BCUT2D eigenvalue weighted by atomic mass is 9.96. The molecule has 0 aliphatic heterocycles. The predicted molar refractivity (Wildman–Crippen MR) is 50.4 cm³/mol. The monoisotopic (exact) mass is 178 g/mol. The molecular formula is C10H14N2O. The summed E-state index contributed by atoms with van der Waals surface area (Å²) >= 11 is 0. The van der Waals surface area contributed by atoms with Crippen LogP contribution in [0.5, 0.6) is 5.88 Å². The summed E-state index contributed by atoms with van der Waals surface area (Å²) in [5.41, 5.74) is 6.50. The maximum absolute atomic E-state index is 5.60. The number of nitrogens with zero attached hydrogens (tertiary/aromatic N) is 1. The van der Waals surface area contributed by atoms with E-state index in [-0.39, 0.29) is 0 Å². The van der Waals surface area contributed by atoms with Gasteiger partial charge in [0.2, 0.25) is 5.88 Å². The van der Waals surface area contributed by atoms with Gasteiger partial charge in [0.15, 0.2) is 0 Å². The van der Waals surface area contributed by atoms with Crippen molar-refractivity contribution >= 4 is 0 Å². The molecule has 1 aliphatic carbocycles. The second-order valence-corrected chi connectivity index (χ2v) is 3.38. The Kier molecular flexibility index (Phi) is 2.45. The first-order valence-electron chi connectivity index (χ1n) is 4.70. The molecule has 1 aromatic heterocycles. The quantitative estimate of drug-likeness (QED) is 0.762. The summed E-state index contributed by atoms with van der Waals surface area (Å²) in [5, 5.41) is 0. The molecular weight excluding hydrogens is 164 g/mol. The summed E-state index contributed by atoms with van der Waals surface area (Å²) in [6.45, 7) is 0.538. The first-order chi connectivity index (χ1) is 6.38. The molecule has 13 heavy (non-hydrogen) atoms. The number of nitrogens with two attached hydrogens (primary N) is 1. The Labute approximate surface area is 77.9 Å². The summed E-state index contributed by atoms with van der Waals surface area (Å²) < 4.78 is 5.60. The molecule has 2 N–H and O–H groups in total. The molecule has 1 heterocycles. The minimum Gasteiger partial charge on any atom is -0.474 e. The second kappa shape index (κ2) is 3.75. The van der Waals surface area contributed by atoms with Gasteiger partial charge in [-0.25, -0.2) is 4.98 Å². The minimum atomic E-state index is 0.399. The molecule has 1 saturated carbocycles. The molecule has 1 aliphatic rings. The van der Waals surface area contributed by atoms with E-state index in [9.17, 15) is 0 Å². The molecule has 70 valence electrons. The van der Waals surface area contributed by atoms with Gasteiger partial charge in [-0.2, -0.15) is 0 Å². The number of ether oxygens (including phenoxy) is 1. The van der Waals surface area contributed by atoms with Gasteiger partial charge in [0.25, 0.3) is 0 Å². The molecule has 1 fully saturated rings. The van der Waals surface area contributed by atoms with Crippen molar-refractivity contribution < 1.29 is 4.74 Å². The van der Waals surface area contributed by atoms with E-state index in [1.165, 1.54) is 19.3 Å². The van der Waals surface area contributed by atoms with Gasteiger partial charge in [-0.15, -0.1) is 0 Å². The molecule has 1 aromatic rings. The zero-order valence-corrected chi connectivity index (χ0v) is 7.57. The average Bonchev–Trinajstić information content (AvgIpc) is 2.12. The van der Waals surface area contributed by atoms with E-state index in [4.69, 9.17) is 10.5 Å². The Bertz CT molecular complexity index is 267. The summed E-state index contributed by atoms with van der Waals surface area (Å²) in [4.78, 5) is 4.17. The summed E-state index contributed by atoms with van der Waals surface area (Å²) in [5.74, 6) is 0.724. The standard InChI is InChI=1S/C10H14N2O/c11-6-8-4-5-10(12-7-8)13-9-2-1-3-9/h4-5,7,9H,1-3,6,11H2. The number of rotatable bonds is 3. The average molecular weight is 178 g/mol. The fraction of sp³-hybridized carbons (Fsp3) is 0.500. The van der Waals surface area contributed by atoms with Crippen molar-refractivity contribution in [1.29, 1.82) is 0 Å². The van der Waals surface area contributed by atoms with E-state index in [0.717, 1.165) is 11.4 Å². The van der Waals surface area contributed by atoms with Crippen LogP contribution in [0, 0.1) is 0 Å². The zero-order valence-electron chi connectivity index (χ0n) is 7.57. The van der Waals surface area contributed by atoms with Crippen LogP contribution < -0.4 is 10.5 Å². The SMILES string of the molecule is NCc1ccc(OC2CCC2)nc1. The molecule has 0 amide bonds. The van der Waals surface area contributed by atoms with Crippen molar-refractivity contribution in [3.8, 4) is 5.88 Å².